The third kappa shape index (κ3) is 5.47. The van der Waals surface area contributed by atoms with Crippen LogP contribution in [0, 0.1) is 0 Å². The Kier molecular flexibility index (Phi) is 7.63. The maximum absolute atomic E-state index is 6.79. The van der Waals surface area contributed by atoms with E-state index in [1.807, 2.05) is 0 Å². The van der Waals surface area contributed by atoms with Crippen LogP contribution < -0.4 is 0 Å². The first-order valence-corrected chi connectivity index (χ1v) is 21.7. The van der Waals surface area contributed by atoms with Gasteiger partial charge in [0.2, 0.25) is 0 Å². The van der Waals surface area contributed by atoms with Gasteiger partial charge in [-0.3, -0.25) is 0 Å². The highest BCUT2D eigenvalue weighted by molar-refractivity contribution is 7.25. The highest BCUT2D eigenvalue weighted by atomic mass is 32.1. The summed E-state index contributed by atoms with van der Waals surface area (Å²) in [4.78, 5) is 16.2. The Morgan fingerprint density at radius 3 is 1.97 bits per heavy atom. The summed E-state index contributed by atoms with van der Waals surface area (Å²) >= 11 is 1.80. The van der Waals surface area contributed by atoms with E-state index in [4.69, 9.17) is 19.4 Å². The van der Waals surface area contributed by atoms with E-state index in [1.165, 1.54) is 58.8 Å². The molecule has 0 N–H and O–H groups in total. The van der Waals surface area contributed by atoms with Crippen LogP contribution >= 0.6 is 11.3 Å². The van der Waals surface area contributed by atoms with Gasteiger partial charge in [-0.15, -0.1) is 11.3 Å². The topological polar surface area (TPSA) is 51.8 Å². The van der Waals surface area contributed by atoms with Crippen molar-refractivity contribution in [2.45, 2.75) is 18.8 Å². The number of furan rings is 1. The van der Waals surface area contributed by atoms with Crippen molar-refractivity contribution in [2.75, 3.05) is 0 Å². The molecule has 1 atom stereocenters. The lowest BCUT2D eigenvalue weighted by Crippen LogP contribution is -2.05. The Morgan fingerprint density at radius 1 is 0.426 bits per heavy atom. The normalized spacial score (nSPS) is 13.9. The van der Waals surface area contributed by atoms with E-state index in [9.17, 15) is 0 Å². The monoisotopic (exact) mass is 797 g/mol. The molecule has 3 heterocycles. The number of hydrogen-bond acceptors (Lipinski definition) is 5. The molecule has 0 fully saturated rings. The molecule has 0 saturated carbocycles. The van der Waals surface area contributed by atoms with Gasteiger partial charge in [-0.2, -0.15) is 0 Å². The number of aromatic nitrogens is 3. The summed E-state index contributed by atoms with van der Waals surface area (Å²) < 4.78 is 9.24. The van der Waals surface area contributed by atoms with Gasteiger partial charge in [0.15, 0.2) is 17.5 Å². The van der Waals surface area contributed by atoms with Crippen molar-refractivity contribution in [3.8, 4) is 45.3 Å². The van der Waals surface area contributed by atoms with E-state index in [0.717, 1.165) is 62.2 Å². The number of hydrogen-bond donors (Lipinski definition) is 0. The average Bonchev–Trinajstić information content (AvgIpc) is 3.85. The lowest BCUT2D eigenvalue weighted by atomic mass is 9.83. The maximum Gasteiger partial charge on any atom is 0.164 e. The molecule has 0 spiro atoms. The standard InChI is InChI=1S/C56H35N3OS/c1-2-15-35-30-46-36(29-34(35)14-1)27-28-41(39-18-5-6-19-40(39)46)47-31-37(32-49-52(47)43-20-7-9-24-48(43)60-49)54-57-55(42-22-11-16-33-13-3-4-17-38(33)42)59-56(58-54)45-23-12-26-51-53(45)44-21-8-10-25-50(44)61-51/h1-26,29-32,41H,27-28H2. The fourth-order valence-corrected chi connectivity index (χ4v) is 11.1. The van der Waals surface area contributed by atoms with Crippen molar-refractivity contribution in [1.29, 1.82) is 0 Å². The molecule has 5 heteroatoms. The smallest absolute Gasteiger partial charge is 0.164 e. The molecule has 13 rings (SSSR count). The second-order valence-electron chi connectivity index (χ2n) is 16.2. The van der Waals surface area contributed by atoms with Crippen LogP contribution in [0.2, 0.25) is 0 Å². The molecular weight excluding hydrogens is 763 g/mol. The van der Waals surface area contributed by atoms with Gasteiger partial charge in [0.25, 0.3) is 0 Å². The molecule has 9 aromatic carbocycles. The number of para-hydroxylation sites is 1. The zero-order chi connectivity index (χ0) is 40.0. The number of nitrogens with zero attached hydrogens (tertiary/aromatic N) is 3. The fraction of sp³-hybridized carbons (Fsp3) is 0.0536. The molecule has 1 aliphatic rings. The summed E-state index contributed by atoms with van der Waals surface area (Å²) in [6.07, 6.45) is 1.89. The van der Waals surface area contributed by atoms with E-state index in [-0.39, 0.29) is 5.92 Å². The SMILES string of the molecule is c1ccc2c(c1)-c1cc3ccccc3cc1CCC2c1cc(-c2nc(-c3cccc4ccccc34)nc(-c3cccc4sc5ccccc5c34)n2)cc2oc3ccccc3c12. The first-order valence-electron chi connectivity index (χ1n) is 20.9. The van der Waals surface area contributed by atoms with Crippen LogP contribution in [-0.4, -0.2) is 15.0 Å². The van der Waals surface area contributed by atoms with Crippen LogP contribution in [0.25, 0.3) is 109 Å². The minimum Gasteiger partial charge on any atom is -0.456 e. The second-order valence-corrected chi connectivity index (χ2v) is 17.3. The number of benzene rings is 9. The number of fused-ring (bicyclic) bond motifs is 11. The van der Waals surface area contributed by atoms with Crippen LogP contribution in [0.15, 0.2) is 186 Å². The van der Waals surface area contributed by atoms with Gasteiger partial charge in [0.1, 0.15) is 11.2 Å². The second kappa shape index (κ2) is 13.5. The first-order chi connectivity index (χ1) is 30.2. The summed E-state index contributed by atoms with van der Waals surface area (Å²) in [6.45, 7) is 0. The van der Waals surface area contributed by atoms with Crippen LogP contribution in [-0.2, 0) is 6.42 Å². The maximum atomic E-state index is 6.79. The third-order valence-electron chi connectivity index (χ3n) is 12.8. The molecule has 1 aliphatic carbocycles. The first kappa shape index (κ1) is 34.4. The predicted molar refractivity (Wildman–Crippen MR) is 253 cm³/mol. The van der Waals surface area contributed by atoms with Gasteiger partial charge in [0.05, 0.1) is 0 Å². The Balaban J connectivity index is 1.08. The van der Waals surface area contributed by atoms with Crippen LogP contribution in [0.5, 0.6) is 0 Å². The summed E-state index contributed by atoms with van der Waals surface area (Å²) in [5, 5.41) is 9.42. The Bertz CT molecular complexity index is 3740. The molecule has 286 valence electrons. The Morgan fingerprint density at radius 2 is 1.07 bits per heavy atom. The van der Waals surface area contributed by atoms with Gasteiger partial charge < -0.3 is 4.42 Å². The van der Waals surface area contributed by atoms with Crippen LogP contribution in [0.3, 0.4) is 0 Å². The van der Waals surface area contributed by atoms with Gasteiger partial charge in [-0.05, 0) is 98.6 Å². The molecular formula is C56H35N3OS. The van der Waals surface area contributed by atoms with Crippen molar-refractivity contribution in [3.05, 3.63) is 199 Å². The van der Waals surface area contributed by atoms with Crippen molar-refractivity contribution in [2.24, 2.45) is 0 Å². The molecule has 61 heavy (non-hydrogen) atoms. The molecule has 0 saturated heterocycles. The van der Waals surface area contributed by atoms with Gasteiger partial charge in [-0.25, -0.2) is 15.0 Å². The largest absolute Gasteiger partial charge is 0.456 e. The minimum atomic E-state index is 0.0833. The van der Waals surface area contributed by atoms with Crippen LogP contribution in [0.4, 0.5) is 0 Å². The zero-order valence-electron chi connectivity index (χ0n) is 33.0. The minimum absolute atomic E-state index is 0.0833. The lowest BCUT2D eigenvalue weighted by Gasteiger charge is -2.20. The Hall–Kier alpha value is -7.47. The summed E-state index contributed by atoms with van der Waals surface area (Å²) in [6, 6.07) is 65.4. The van der Waals surface area contributed by atoms with Gasteiger partial charge in [-0.1, -0.05) is 146 Å². The molecule has 12 aromatic rings. The molecule has 0 bridgehead atoms. The van der Waals surface area contributed by atoms with Gasteiger partial charge >= 0.3 is 0 Å². The van der Waals surface area contributed by atoms with Crippen molar-refractivity contribution < 1.29 is 4.42 Å². The Labute approximate surface area is 355 Å². The lowest BCUT2D eigenvalue weighted by molar-refractivity contribution is 0.667. The average molecular weight is 798 g/mol. The summed E-state index contributed by atoms with van der Waals surface area (Å²) in [5.74, 6) is 1.99. The third-order valence-corrected chi connectivity index (χ3v) is 13.9. The van der Waals surface area contributed by atoms with E-state index in [2.05, 4.69) is 182 Å². The molecule has 0 radical (unpaired) electrons. The van der Waals surface area contributed by atoms with E-state index in [0.29, 0.717) is 17.5 Å². The predicted octanol–water partition coefficient (Wildman–Crippen LogP) is 15.2. The number of thiophene rings is 1. The van der Waals surface area contributed by atoms with Crippen molar-refractivity contribution in [3.63, 3.8) is 0 Å². The highest BCUT2D eigenvalue weighted by Crippen LogP contribution is 2.47. The molecule has 3 aromatic heterocycles. The molecule has 0 amide bonds. The van der Waals surface area contributed by atoms with E-state index >= 15 is 0 Å². The number of rotatable bonds is 4. The van der Waals surface area contributed by atoms with Crippen molar-refractivity contribution in [1.82, 2.24) is 15.0 Å². The molecule has 0 aliphatic heterocycles. The van der Waals surface area contributed by atoms with E-state index in [1.54, 1.807) is 11.3 Å². The van der Waals surface area contributed by atoms with Crippen molar-refractivity contribution >= 4 is 75.0 Å². The number of aryl methyl sites for hydroxylation is 1. The van der Waals surface area contributed by atoms with E-state index < -0.39 is 0 Å². The molecule has 1 unspecified atom stereocenters. The van der Waals surface area contributed by atoms with Gasteiger partial charge in [0, 0.05) is 53.6 Å². The van der Waals surface area contributed by atoms with Crippen LogP contribution in [0.1, 0.15) is 29.0 Å². The quantitative estimate of drug-likeness (QED) is 0.178. The molecule has 4 nitrogen and oxygen atoms in total. The highest BCUT2D eigenvalue weighted by Gasteiger charge is 2.28. The summed E-state index contributed by atoms with van der Waals surface area (Å²) in [7, 11) is 0. The summed E-state index contributed by atoms with van der Waals surface area (Å²) in [5.41, 5.74) is 11.1. The zero-order valence-corrected chi connectivity index (χ0v) is 33.8. The fourth-order valence-electron chi connectivity index (χ4n) is 9.99.